The zero-order valence-corrected chi connectivity index (χ0v) is 11.6. The Balaban J connectivity index is 1.89. The summed E-state index contributed by atoms with van der Waals surface area (Å²) in [7, 11) is 0. The van der Waals surface area contributed by atoms with E-state index < -0.39 is 0 Å². The Morgan fingerprint density at radius 1 is 1.26 bits per heavy atom. The molecule has 0 aliphatic carbocycles. The predicted octanol–water partition coefficient (Wildman–Crippen LogP) is 3.47. The molecule has 1 aliphatic rings. The van der Waals surface area contributed by atoms with Crippen molar-refractivity contribution in [1.82, 2.24) is 9.97 Å². The molecule has 3 rings (SSSR count). The average molecular weight is 274 g/mol. The highest BCUT2D eigenvalue weighted by Crippen LogP contribution is 2.31. The van der Waals surface area contributed by atoms with Crippen molar-refractivity contribution >= 4 is 17.3 Å². The first kappa shape index (κ1) is 12.4. The molecular weight excluding hydrogens is 258 g/mol. The summed E-state index contributed by atoms with van der Waals surface area (Å²) in [6.07, 6.45) is 5.70. The highest BCUT2D eigenvalue weighted by atomic mass is 35.5. The Labute approximate surface area is 118 Å². The van der Waals surface area contributed by atoms with E-state index >= 15 is 0 Å². The Morgan fingerprint density at radius 2 is 2.11 bits per heavy atom. The molecule has 0 saturated carbocycles. The van der Waals surface area contributed by atoms with Crippen LogP contribution >= 0.6 is 11.6 Å². The normalized spacial score (nSPS) is 18.2. The minimum atomic E-state index is 0.441. The zero-order chi connectivity index (χ0) is 13.2. The van der Waals surface area contributed by atoms with E-state index in [2.05, 4.69) is 46.1 Å². The van der Waals surface area contributed by atoms with Gasteiger partial charge in [-0.1, -0.05) is 29.8 Å². The largest absolute Gasteiger partial charge is 0.363 e. The van der Waals surface area contributed by atoms with E-state index in [1.54, 1.807) is 12.4 Å². The number of hydrogen-bond donors (Lipinski definition) is 0. The first-order chi connectivity index (χ1) is 9.24. The second-order valence-electron chi connectivity index (χ2n) is 4.97. The number of rotatable bonds is 2. The summed E-state index contributed by atoms with van der Waals surface area (Å²) in [5, 5.41) is 0.441. The number of anilines is 1. The fourth-order valence-electron chi connectivity index (χ4n) is 2.60. The van der Waals surface area contributed by atoms with Crippen molar-refractivity contribution in [3.63, 3.8) is 0 Å². The first-order valence-corrected chi connectivity index (χ1v) is 6.93. The second-order valence-corrected chi connectivity index (χ2v) is 5.36. The lowest BCUT2D eigenvalue weighted by Crippen LogP contribution is -2.36. The number of halogens is 1. The molecule has 4 heteroatoms. The van der Waals surface area contributed by atoms with E-state index in [0.29, 0.717) is 11.2 Å². The van der Waals surface area contributed by atoms with Gasteiger partial charge < -0.3 is 4.90 Å². The summed E-state index contributed by atoms with van der Waals surface area (Å²) in [4.78, 5) is 10.8. The summed E-state index contributed by atoms with van der Waals surface area (Å²) in [5.74, 6) is 0. The summed E-state index contributed by atoms with van der Waals surface area (Å²) >= 11 is 5.78. The maximum absolute atomic E-state index is 5.78. The minimum Gasteiger partial charge on any atom is -0.363 e. The quantitative estimate of drug-likeness (QED) is 0.839. The molecule has 0 radical (unpaired) electrons. The molecule has 0 saturated heterocycles. The summed E-state index contributed by atoms with van der Waals surface area (Å²) in [6, 6.07) is 9.12. The lowest BCUT2D eigenvalue weighted by molar-refractivity contribution is 0.556. The molecule has 0 N–H and O–H groups in total. The first-order valence-electron chi connectivity index (χ1n) is 6.55. The Hall–Kier alpha value is -1.61. The van der Waals surface area contributed by atoms with Crippen LogP contribution < -0.4 is 4.90 Å². The van der Waals surface area contributed by atoms with Crippen LogP contribution in [-0.4, -0.2) is 16.0 Å². The topological polar surface area (TPSA) is 29.0 Å². The molecule has 1 atom stereocenters. The molecule has 0 fully saturated rings. The van der Waals surface area contributed by atoms with Crippen molar-refractivity contribution < 1.29 is 0 Å². The van der Waals surface area contributed by atoms with E-state index in [-0.39, 0.29) is 0 Å². The van der Waals surface area contributed by atoms with Gasteiger partial charge in [0.15, 0.2) is 0 Å². The third kappa shape index (κ3) is 2.56. The molecule has 0 spiro atoms. The number of fused-ring (bicyclic) bond motifs is 1. The highest BCUT2D eigenvalue weighted by molar-refractivity contribution is 6.29. The van der Waals surface area contributed by atoms with Gasteiger partial charge in [0.1, 0.15) is 5.15 Å². The molecule has 1 aromatic carbocycles. The number of nitrogens with zero attached hydrogens (tertiary/aromatic N) is 3. The summed E-state index contributed by atoms with van der Waals surface area (Å²) in [5.41, 5.74) is 3.69. The number of aryl methyl sites for hydroxylation is 1. The van der Waals surface area contributed by atoms with Crippen molar-refractivity contribution in [3.8, 4) is 0 Å². The molecule has 98 valence electrons. The number of para-hydroxylation sites is 1. The standard InChI is InChI=1S/C15H16ClN3/c1-11-6-7-12-4-2-3-5-14(12)19(11)10-13-8-18-15(16)9-17-13/h2-5,8-9,11H,6-7,10H2,1H3. The van der Waals surface area contributed by atoms with Gasteiger partial charge >= 0.3 is 0 Å². The van der Waals surface area contributed by atoms with Crippen LogP contribution in [0.25, 0.3) is 0 Å². The van der Waals surface area contributed by atoms with Crippen molar-refractivity contribution in [3.05, 3.63) is 53.1 Å². The minimum absolute atomic E-state index is 0.441. The average Bonchev–Trinajstić information content (AvgIpc) is 2.44. The van der Waals surface area contributed by atoms with E-state index in [1.807, 2.05) is 0 Å². The van der Waals surface area contributed by atoms with Gasteiger partial charge in [0.05, 0.1) is 24.6 Å². The number of aromatic nitrogens is 2. The Kier molecular flexibility index (Phi) is 3.38. The maximum atomic E-state index is 5.78. The van der Waals surface area contributed by atoms with Crippen molar-refractivity contribution in [2.75, 3.05) is 4.90 Å². The molecule has 3 nitrogen and oxygen atoms in total. The number of hydrogen-bond acceptors (Lipinski definition) is 3. The van der Waals surface area contributed by atoms with Crippen LogP contribution in [0.5, 0.6) is 0 Å². The van der Waals surface area contributed by atoms with Crippen LogP contribution in [0, 0.1) is 0 Å². The molecule has 1 aliphatic heterocycles. The van der Waals surface area contributed by atoms with Crippen LogP contribution in [0.3, 0.4) is 0 Å². The molecule has 2 aromatic rings. The van der Waals surface area contributed by atoms with E-state index in [4.69, 9.17) is 11.6 Å². The molecule has 0 amide bonds. The van der Waals surface area contributed by atoms with Gasteiger partial charge in [-0.15, -0.1) is 0 Å². The van der Waals surface area contributed by atoms with Crippen LogP contribution in [-0.2, 0) is 13.0 Å². The lowest BCUT2D eigenvalue weighted by Gasteiger charge is -2.36. The van der Waals surface area contributed by atoms with Gasteiger partial charge in [-0.05, 0) is 31.4 Å². The fraction of sp³-hybridized carbons (Fsp3) is 0.333. The maximum Gasteiger partial charge on any atom is 0.147 e. The second kappa shape index (κ2) is 5.17. The zero-order valence-electron chi connectivity index (χ0n) is 10.9. The molecule has 0 bridgehead atoms. The van der Waals surface area contributed by atoms with Crippen LogP contribution in [0.15, 0.2) is 36.7 Å². The Bertz CT molecular complexity index is 568. The Morgan fingerprint density at radius 3 is 2.89 bits per heavy atom. The van der Waals surface area contributed by atoms with Gasteiger partial charge in [-0.2, -0.15) is 0 Å². The smallest absolute Gasteiger partial charge is 0.147 e. The summed E-state index contributed by atoms with van der Waals surface area (Å²) in [6.45, 7) is 3.04. The van der Waals surface area contributed by atoms with Gasteiger partial charge in [0.25, 0.3) is 0 Å². The van der Waals surface area contributed by atoms with E-state index in [1.165, 1.54) is 17.7 Å². The number of benzene rings is 1. The lowest BCUT2D eigenvalue weighted by atomic mass is 9.96. The van der Waals surface area contributed by atoms with Gasteiger partial charge in [0.2, 0.25) is 0 Å². The molecule has 19 heavy (non-hydrogen) atoms. The van der Waals surface area contributed by atoms with Gasteiger partial charge in [-0.3, -0.25) is 4.98 Å². The van der Waals surface area contributed by atoms with Crippen molar-refractivity contribution in [2.24, 2.45) is 0 Å². The summed E-state index contributed by atoms with van der Waals surface area (Å²) < 4.78 is 0. The van der Waals surface area contributed by atoms with Gasteiger partial charge in [-0.25, -0.2) is 4.98 Å². The predicted molar refractivity (Wildman–Crippen MR) is 77.5 cm³/mol. The molecule has 1 aromatic heterocycles. The third-order valence-electron chi connectivity index (χ3n) is 3.67. The molecule has 1 unspecified atom stereocenters. The fourth-order valence-corrected chi connectivity index (χ4v) is 2.69. The van der Waals surface area contributed by atoms with E-state index in [9.17, 15) is 0 Å². The van der Waals surface area contributed by atoms with Crippen LogP contribution in [0.4, 0.5) is 5.69 Å². The molecular formula is C15H16ClN3. The van der Waals surface area contributed by atoms with Crippen LogP contribution in [0.2, 0.25) is 5.15 Å². The van der Waals surface area contributed by atoms with E-state index in [0.717, 1.165) is 18.7 Å². The van der Waals surface area contributed by atoms with Crippen molar-refractivity contribution in [2.45, 2.75) is 32.4 Å². The molecule has 2 heterocycles. The van der Waals surface area contributed by atoms with Gasteiger partial charge in [0, 0.05) is 11.7 Å². The van der Waals surface area contributed by atoms with Crippen molar-refractivity contribution in [1.29, 1.82) is 0 Å². The van der Waals surface area contributed by atoms with Crippen LogP contribution in [0.1, 0.15) is 24.6 Å². The highest BCUT2D eigenvalue weighted by Gasteiger charge is 2.22. The third-order valence-corrected chi connectivity index (χ3v) is 3.87. The SMILES string of the molecule is CC1CCc2ccccc2N1Cc1cnc(Cl)cn1. The monoisotopic (exact) mass is 273 g/mol.